The van der Waals surface area contributed by atoms with Crippen molar-refractivity contribution in [1.29, 1.82) is 0 Å². The zero-order valence-corrected chi connectivity index (χ0v) is 12.2. The number of nitrogens with one attached hydrogen (secondary N) is 1. The van der Waals surface area contributed by atoms with Gasteiger partial charge >= 0.3 is 0 Å². The van der Waals surface area contributed by atoms with E-state index in [2.05, 4.69) is 57.3 Å². The van der Waals surface area contributed by atoms with Gasteiger partial charge in [0, 0.05) is 6.04 Å². The minimum absolute atomic E-state index is 0.293. The normalized spacial score (nSPS) is 14.2. The number of benzene rings is 1. The molecule has 0 bridgehead atoms. The van der Waals surface area contributed by atoms with Gasteiger partial charge in [-0.05, 0) is 57.4 Å². The van der Waals surface area contributed by atoms with Gasteiger partial charge in [-0.15, -0.1) is 0 Å². The van der Waals surface area contributed by atoms with Gasteiger partial charge in [-0.1, -0.05) is 26.0 Å². The average molecular weight is 249 g/mol. The van der Waals surface area contributed by atoms with Crippen LogP contribution >= 0.6 is 0 Å². The summed E-state index contributed by atoms with van der Waals surface area (Å²) in [5.74, 6) is 0.974. The molecule has 1 rings (SSSR count). The number of rotatable bonds is 8. The van der Waals surface area contributed by atoms with E-state index in [-0.39, 0.29) is 0 Å². The standard InChI is InChI=1S/C16H27NO/c1-5-11-17-13(3)12-15-7-9-16(10-8-15)18-14(4)6-2/h7-10,13-14,17H,5-6,11-12H2,1-4H3. The van der Waals surface area contributed by atoms with E-state index >= 15 is 0 Å². The quantitative estimate of drug-likeness (QED) is 0.756. The molecular weight excluding hydrogens is 222 g/mol. The maximum atomic E-state index is 5.77. The van der Waals surface area contributed by atoms with Gasteiger partial charge in [0.25, 0.3) is 0 Å². The Balaban J connectivity index is 2.44. The van der Waals surface area contributed by atoms with E-state index in [1.54, 1.807) is 0 Å². The summed E-state index contributed by atoms with van der Waals surface area (Å²) in [6.07, 6.45) is 3.59. The van der Waals surface area contributed by atoms with E-state index in [1.165, 1.54) is 12.0 Å². The minimum atomic E-state index is 0.293. The molecule has 102 valence electrons. The van der Waals surface area contributed by atoms with Crippen LogP contribution in [-0.2, 0) is 6.42 Å². The fourth-order valence-electron chi connectivity index (χ4n) is 1.84. The Morgan fingerprint density at radius 2 is 1.78 bits per heavy atom. The molecule has 0 saturated heterocycles. The van der Waals surface area contributed by atoms with Crippen molar-refractivity contribution in [2.45, 2.75) is 59.1 Å². The molecule has 0 aromatic heterocycles. The first-order valence-corrected chi connectivity index (χ1v) is 7.14. The summed E-state index contributed by atoms with van der Waals surface area (Å²) in [5.41, 5.74) is 1.36. The topological polar surface area (TPSA) is 21.3 Å². The van der Waals surface area contributed by atoms with Gasteiger partial charge < -0.3 is 10.1 Å². The van der Waals surface area contributed by atoms with Crippen LogP contribution in [0.4, 0.5) is 0 Å². The Morgan fingerprint density at radius 3 is 2.33 bits per heavy atom. The molecule has 1 aromatic carbocycles. The lowest BCUT2D eigenvalue weighted by Crippen LogP contribution is -2.28. The molecule has 18 heavy (non-hydrogen) atoms. The Morgan fingerprint density at radius 1 is 1.11 bits per heavy atom. The molecule has 0 saturated carbocycles. The highest BCUT2D eigenvalue weighted by molar-refractivity contribution is 5.27. The van der Waals surface area contributed by atoms with Gasteiger partial charge in [0.1, 0.15) is 5.75 Å². The van der Waals surface area contributed by atoms with Gasteiger partial charge in [0.15, 0.2) is 0 Å². The molecule has 0 spiro atoms. The van der Waals surface area contributed by atoms with Crippen molar-refractivity contribution in [3.63, 3.8) is 0 Å². The Bertz CT molecular complexity index is 320. The Hall–Kier alpha value is -1.02. The number of hydrogen-bond acceptors (Lipinski definition) is 2. The van der Waals surface area contributed by atoms with Gasteiger partial charge in [-0.3, -0.25) is 0 Å². The zero-order chi connectivity index (χ0) is 13.4. The van der Waals surface area contributed by atoms with E-state index in [4.69, 9.17) is 4.74 Å². The summed E-state index contributed by atoms with van der Waals surface area (Å²) in [6, 6.07) is 9.03. The molecule has 1 N–H and O–H groups in total. The van der Waals surface area contributed by atoms with Crippen molar-refractivity contribution in [3.05, 3.63) is 29.8 Å². The predicted molar refractivity (Wildman–Crippen MR) is 78.3 cm³/mol. The minimum Gasteiger partial charge on any atom is -0.491 e. The highest BCUT2D eigenvalue weighted by atomic mass is 16.5. The largest absolute Gasteiger partial charge is 0.491 e. The molecule has 1 aromatic rings. The summed E-state index contributed by atoms with van der Waals surface area (Å²) < 4.78 is 5.77. The Labute approximate surface area is 112 Å². The van der Waals surface area contributed by atoms with Crippen molar-refractivity contribution in [2.75, 3.05) is 6.54 Å². The molecule has 2 atom stereocenters. The van der Waals surface area contributed by atoms with Crippen molar-refractivity contribution in [2.24, 2.45) is 0 Å². The molecule has 0 fully saturated rings. The van der Waals surface area contributed by atoms with Crippen LogP contribution in [0, 0.1) is 0 Å². The lowest BCUT2D eigenvalue weighted by atomic mass is 10.1. The molecule has 0 heterocycles. The Kier molecular flexibility index (Phi) is 6.81. The molecule has 2 nitrogen and oxygen atoms in total. The fourth-order valence-corrected chi connectivity index (χ4v) is 1.84. The van der Waals surface area contributed by atoms with E-state index in [0.29, 0.717) is 12.1 Å². The lowest BCUT2D eigenvalue weighted by molar-refractivity contribution is 0.217. The smallest absolute Gasteiger partial charge is 0.119 e. The van der Waals surface area contributed by atoms with E-state index < -0.39 is 0 Å². The summed E-state index contributed by atoms with van der Waals surface area (Å²) in [4.78, 5) is 0. The molecular formula is C16H27NO. The molecule has 0 aliphatic rings. The summed E-state index contributed by atoms with van der Waals surface area (Å²) in [6.45, 7) is 9.77. The molecule has 2 heteroatoms. The van der Waals surface area contributed by atoms with Crippen LogP contribution in [0.25, 0.3) is 0 Å². The lowest BCUT2D eigenvalue weighted by Gasteiger charge is -2.15. The van der Waals surface area contributed by atoms with Crippen LogP contribution < -0.4 is 10.1 Å². The number of hydrogen-bond donors (Lipinski definition) is 1. The van der Waals surface area contributed by atoms with E-state index in [0.717, 1.165) is 25.1 Å². The van der Waals surface area contributed by atoms with Gasteiger partial charge in [-0.25, -0.2) is 0 Å². The molecule has 0 aliphatic carbocycles. The van der Waals surface area contributed by atoms with Crippen molar-refractivity contribution < 1.29 is 4.74 Å². The highest BCUT2D eigenvalue weighted by Crippen LogP contribution is 2.15. The second-order valence-corrected chi connectivity index (χ2v) is 5.04. The maximum Gasteiger partial charge on any atom is 0.119 e. The third-order valence-corrected chi connectivity index (χ3v) is 3.12. The second kappa shape index (κ2) is 8.15. The molecule has 0 amide bonds. The predicted octanol–water partition coefficient (Wildman–Crippen LogP) is 3.79. The monoisotopic (exact) mass is 249 g/mol. The van der Waals surface area contributed by atoms with Crippen LogP contribution in [0.3, 0.4) is 0 Å². The van der Waals surface area contributed by atoms with Crippen molar-refractivity contribution in [3.8, 4) is 5.75 Å². The van der Waals surface area contributed by atoms with Gasteiger partial charge in [0.2, 0.25) is 0 Å². The SMILES string of the molecule is CCCNC(C)Cc1ccc(OC(C)CC)cc1. The van der Waals surface area contributed by atoms with Crippen molar-refractivity contribution in [1.82, 2.24) is 5.32 Å². The molecule has 0 radical (unpaired) electrons. The van der Waals surface area contributed by atoms with Crippen LogP contribution in [0.2, 0.25) is 0 Å². The third kappa shape index (κ3) is 5.54. The van der Waals surface area contributed by atoms with Crippen LogP contribution in [0.1, 0.15) is 46.1 Å². The van der Waals surface area contributed by atoms with Gasteiger partial charge in [0.05, 0.1) is 6.10 Å². The number of ether oxygens (including phenoxy) is 1. The highest BCUT2D eigenvalue weighted by Gasteiger charge is 2.04. The van der Waals surface area contributed by atoms with Crippen LogP contribution in [0.5, 0.6) is 5.75 Å². The summed E-state index contributed by atoms with van der Waals surface area (Å²) in [7, 11) is 0. The molecule has 2 unspecified atom stereocenters. The average Bonchev–Trinajstić information content (AvgIpc) is 2.38. The second-order valence-electron chi connectivity index (χ2n) is 5.04. The molecule has 0 aliphatic heterocycles. The maximum absolute atomic E-state index is 5.77. The van der Waals surface area contributed by atoms with Crippen LogP contribution in [0.15, 0.2) is 24.3 Å². The third-order valence-electron chi connectivity index (χ3n) is 3.12. The van der Waals surface area contributed by atoms with Crippen molar-refractivity contribution >= 4 is 0 Å². The van der Waals surface area contributed by atoms with E-state index in [9.17, 15) is 0 Å². The zero-order valence-electron chi connectivity index (χ0n) is 12.2. The van der Waals surface area contributed by atoms with Gasteiger partial charge in [-0.2, -0.15) is 0 Å². The fraction of sp³-hybridized carbons (Fsp3) is 0.625. The summed E-state index contributed by atoms with van der Waals surface area (Å²) >= 11 is 0. The first-order valence-electron chi connectivity index (χ1n) is 7.14. The first kappa shape index (κ1) is 15.0. The summed E-state index contributed by atoms with van der Waals surface area (Å²) in [5, 5.41) is 3.51. The van der Waals surface area contributed by atoms with E-state index in [1.807, 2.05) is 0 Å². The first-order chi connectivity index (χ1) is 8.65. The van der Waals surface area contributed by atoms with Crippen LogP contribution in [-0.4, -0.2) is 18.7 Å².